The zero-order chi connectivity index (χ0) is 27.1. The summed E-state index contributed by atoms with van der Waals surface area (Å²) in [6.45, 7) is 2.66. The van der Waals surface area contributed by atoms with Crippen LogP contribution in [0.2, 0.25) is 0 Å². The molecule has 6 rings (SSSR count). The number of rotatable bonds is 6. The van der Waals surface area contributed by atoms with Crippen LogP contribution in [0.4, 0.5) is 10.6 Å². The quantitative estimate of drug-likeness (QED) is 0.416. The summed E-state index contributed by atoms with van der Waals surface area (Å²) in [7, 11) is 0. The van der Waals surface area contributed by atoms with Gasteiger partial charge in [0.2, 0.25) is 0 Å². The normalized spacial score (nSPS) is 28.0. The molecule has 0 bridgehead atoms. The Morgan fingerprint density at radius 3 is 2.62 bits per heavy atom. The number of carbonyl (C=O) groups is 3. The van der Waals surface area contributed by atoms with Crippen molar-refractivity contribution in [2.24, 2.45) is 5.92 Å². The van der Waals surface area contributed by atoms with Crippen LogP contribution in [0.1, 0.15) is 31.4 Å². The number of nitrogens with one attached hydrogen (secondary N) is 2. The molecule has 3 fully saturated rings. The van der Waals surface area contributed by atoms with Gasteiger partial charge in [0.15, 0.2) is 35.6 Å². The first-order valence-corrected chi connectivity index (χ1v) is 12.7. The number of aliphatic carboxylic acids is 1. The summed E-state index contributed by atoms with van der Waals surface area (Å²) in [5.41, 5.74) is 1.49. The molecule has 0 radical (unpaired) electrons. The van der Waals surface area contributed by atoms with E-state index in [9.17, 15) is 19.5 Å². The van der Waals surface area contributed by atoms with E-state index in [-0.39, 0.29) is 18.3 Å². The first-order chi connectivity index (χ1) is 18.9. The fourth-order valence-electron chi connectivity index (χ4n) is 5.22. The summed E-state index contributed by atoms with van der Waals surface area (Å²) in [6.07, 6.45) is -0.898. The molecule has 39 heavy (non-hydrogen) atoms. The van der Waals surface area contributed by atoms with Crippen LogP contribution < -0.4 is 10.6 Å². The van der Waals surface area contributed by atoms with Crippen molar-refractivity contribution in [3.05, 3.63) is 48.5 Å². The van der Waals surface area contributed by atoms with Gasteiger partial charge < -0.3 is 29.5 Å². The minimum absolute atomic E-state index is 0.106. The van der Waals surface area contributed by atoms with E-state index in [0.717, 1.165) is 5.56 Å². The van der Waals surface area contributed by atoms with Gasteiger partial charge in [-0.05, 0) is 13.3 Å². The molecule has 1 aromatic carbocycles. The lowest BCUT2D eigenvalue weighted by Gasteiger charge is -2.24. The van der Waals surface area contributed by atoms with E-state index in [0.29, 0.717) is 30.7 Å². The van der Waals surface area contributed by atoms with Crippen LogP contribution in [0.25, 0.3) is 11.2 Å². The summed E-state index contributed by atoms with van der Waals surface area (Å²) in [5, 5.41) is 14.7. The second-order valence-corrected chi connectivity index (χ2v) is 9.53. The van der Waals surface area contributed by atoms with Crippen LogP contribution in [0.3, 0.4) is 0 Å². The second kappa shape index (κ2) is 10.2. The lowest BCUT2D eigenvalue weighted by molar-refractivity contribution is -0.168. The standard InChI is InChI=1S/C25H27N7O7/c1-2-26-25(36)30-19-15-20(28-11-27-19)32(12-29-15)22-18-16(38-24(39-18)13-6-4-3-5-7-13)17(37-22)21(33)31-9-8-14(10-31)23(34)35/h3-7,11-12,14,16-18,22,24H,2,8-10H2,1H3,(H,34,35)(H2,26,27,28,30,36)/t14-,16?,17?,18?,22?,24-/m0/s1. The lowest BCUT2D eigenvalue weighted by atomic mass is 10.1. The molecule has 2 aromatic heterocycles. The minimum Gasteiger partial charge on any atom is -0.481 e. The Hall–Kier alpha value is -4.14. The number of urea groups is 1. The molecule has 0 aliphatic carbocycles. The summed E-state index contributed by atoms with van der Waals surface area (Å²) in [4.78, 5) is 51.5. The lowest BCUT2D eigenvalue weighted by Crippen LogP contribution is -2.44. The maximum absolute atomic E-state index is 13.6. The van der Waals surface area contributed by atoms with E-state index in [4.69, 9.17) is 14.2 Å². The number of hydrogen-bond acceptors (Lipinski definition) is 9. The molecule has 3 aromatic rings. The number of carboxylic acids is 1. The van der Waals surface area contributed by atoms with E-state index in [2.05, 4.69) is 25.6 Å². The number of nitrogens with zero attached hydrogens (tertiary/aromatic N) is 5. The first-order valence-electron chi connectivity index (χ1n) is 12.7. The van der Waals surface area contributed by atoms with Crippen molar-refractivity contribution in [1.82, 2.24) is 29.7 Å². The Morgan fingerprint density at radius 1 is 1.08 bits per heavy atom. The van der Waals surface area contributed by atoms with Gasteiger partial charge in [-0.25, -0.2) is 19.7 Å². The highest BCUT2D eigenvalue weighted by Gasteiger charge is 2.57. The van der Waals surface area contributed by atoms with Crippen LogP contribution in [0.15, 0.2) is 43.0 Å². The molecule has 3 saturated heterocycles. The number of hydrogen-bond donors (Lipinski definition) is 3. The number of imidazole rings is 1. The highest BCUT2D eigenvalue weighted by molar-refractivity contribution is 5.95. The largest absolute Gasteiger partial charge is 0.481 e. The van der Waals surface area contributed by atoms with Crippen molar-refractivity contribution in [3.63, 3.8) is 0 Å². The molecule has 14 nitrogen and oxygen atoms in total. The molecule has 5 heterocycles. The first kappa shape index (κ1) is 25.2. The van der Waals surface area contributed by atoms with Crippen molar-refractivity contribution < 1.29 is 33.7 Å². The van der Waals surface area contributed by atoms with Gasteiger partial charge in [-0.1, -0.05) is 30.3 Å². The maximum atomic E-state index is 13.6. The van der Waals surface area contributed by atoms with Gasteiger partial charge in [0, 0.05) is 25.2 Å². The number of carbonyl (C=O) groups excluding carboxylic acids is 2. The topological polar surface area (TPSA) is 170 Å². The monoisotopic (exact) mass is 537 g/mol. The predicted octanol–water partition coefficient (Wildman–Crippen LogP) is 1.28. The molecule has 3 aliphatic rings. The number of benzene rings is 1. The molecule has 0 saturated carbocycles. The number of anilines is 1. The van der Waals surface area contributed by atoms with Gasteiger partial charge in [-0.3, -0.25) is 19.5 Å². The zero-order valence-electron chi connectivity index (χ0n) is 21.0. The number of carboxylic acid groups (broad SMARTS) is 1. The summed E-state index contributed by atoms with van der Waals surface area (Å²) < 4.78 is 20.4. The third-order valence-corrected chi connectivity index (χ3v) is 7.12. The van der Waals surface area contributed by atoms with Crippen LogP contribution in [-0.4, -0.2) is 85.4 Å². The predicted molar refractivity (Wildman–Crippen MR) is 133 cm³/mol. The van der Waals surface area contributed by atoms with E-state index >= 15 is 0 Å². The van der Waals surface area contributed by atoms with Crippen molar-refractivity contribution in [2.75, 3.05) is 25.0 Å². The number of aromatic nitrogens is 4. The fourth-order valence-corrected chi connectivity index (χ4v) is 5.22. The molecular formula is C25H27N7O7. The molecule has 3 amide bonds. The Bertz CT molecular complexity index is 1400. The van der Waals surface area contributed by atoms with Gasteiger partial charge in [-0.2, -0.15) is 0 Å². The molecule has 204 valence electrons. The van der Waals surface area contributed by atoms with Gasteiger partial charge in [0.25, 0.3) is 5.91 Å². The van der Waals surface area contributed by atoms with E-state index in [1.807, 2.05) is 30.3 Å². The SMILES string of the molecule is CCNC(=O)Nc1ncnc2c1ncn2C1OC(C(=O)N2CC[C@H](C(=O)O)C2)C2O[C@H](c3ccccc3)OC21. The van der Waals surface area contributed by atoms with Crippen molar-refractivity contribution >= 4 is 34.9 Å². The highest BCUT2D eigenvalue weighted by Crippen LogP contribution is 2.45. The molecular weight excluding hydrogens is 510 g/mol. The van der Waals surface area contributed by atoms with Crippen LogP contribution in [0, 0.1) is 5.92 Å². The van der Waals surface area contributed by atoms with E-state index in [1.165, 1.54) is 17.6 Å². The Balaban J connectivity index is 1.32. The summed E-state index contributed by atoms with van der Waals surface area (Å²) in [6, 6.07) is 8.93. The van der Waals surface area contributed by atoms with Gasteiger partial charge in [-0.15, -0.1) is 0 Å². The Labute approximate surface area is 222 Å². The molecule has 14 heteroatoms. The maximum Gasteiger partial charge on any atom is 0.320 e. The van der Waals surface area contributed by atoms with Gasteiger partial charge in [0.05, 0.1) is 12.2 Å². The van der Waals surface area contributed by atoms with Crippen LogP contribution >= 0.6 is 0 Å². The molecule has 6 atom stereocenters. The van der Waals surface area contributed by atoms with Crippen molar-refractivity contribution in [1.29, 1.82) is 0 Å². The number of ether oxygens (including phenoxy) is 3. The van der Waals surface area contributed by atoms with E-state index < -0.39 is 48.7 Å². The Morgan fingerprint density at radius 2 is 1.87 bits per heavy atom. The minimum atomic E-state index is -1.03. The number of fused-ring (bicyclic) bond motifs is 2. The van der Waals surface area contributed by atoms with Gasteiger partial charge in [0.1, 0.15) is 18.5 Å². The smallest absolute Gasteiger partial charge is 0.320 e. The third-order valence-electron chi connectivity index (χ3n) is 7.12. The fraction of sp³-hybridized carbons (Fsp3) is 0.440. The summed E-state index contributed by atoms with van der Waals surface area (Å²) in [5.74, 6) is -1.69. The van der Waals surface area contributed by atoms with Gasteiger partial charge >= 0.3 is 12.0 Å². The number of amides is 3. The molecule has 3 N–H and O–H groups in total. The molecule has 3 aliphatic heterocycles. The van der Waals surface area contributed by atoms with Crippen molar-refractivity contribution in [2.45, 2.75) is 44.2 Å². The average Bonchev–Trinajstić information content (AvgIpc) is 3.72. The Kier molecular flexibility index (Phi) is 6.58. The van der Waals surface area contributed by atoms with Crippen molar-refractivity contribution in [3.8, 4) is 0 Å². The average molecular weight is 538 g/mol. The van der Waals surface area contributed by atoms with E-state index in [1.54, 1.807) is 11.5 Å². The summed E-state index contributed by atoms with van der Waals surface area (Å²) >= 11 is 0. The molecule has 4 unspecified atom stereocenters. The van der Waals surface area contributed by atoms with Crippen LogP contribution in [0.5, 0.6) is 0 Å². The number of likely N-dealkylation sites (tertiary alicyclic amines) is 1. The third kappa shape index (κ3) is 4.56. The second-order valence-electron chi connectivity index (χ2n) is 9.53. The van der Waals surface area contributed by atoms with Crippen LogP contribution in [-0.2, 0) is 23.8 Å². The highest BCUT2D eigenvalue weighted by atomic mass is 16.8. The zero-order valence-corrected chi connectivity index (χ0v) is 21.0. The molecule has 0 spiro atoms.